The quantitative estimate of drug-likeness (QED) is 0.584. The van der Waals surface area contributed by atoms with Gasteiger partial charge in [-0.05, 0) is 49.6 Å². The molecule has 0 radical (unpaired) electrons. The lowest BCUT2D eigenvalue weighted by molar-refractivity contribution is 0.0956. The minimum Gasteiger partial charge on any atom is -0.399 e. The summed E-state index contributed by atoms with van der Waals surface area (Å²) >= 11 is 1.67. The minimum absolute atomic E-state index is 0.110. The molecule has 0 aliphatic heterocycles. The Balaban J connectivity index is 2.33. The van der Waals surface area contributed by atoms with Crippen molar-refractivity contribution in [2.75, 3.05) is 23.9 Å². The molecule has 1 amide bonds. The fourth-order valence-corrected chi connectivity index (χ4v) is 2.43. The Hall–Kier alpha value is -2.14. The Morgan fingerprint density at radius 1 is 1.24 bits per heavy atom. The molecule has 0 fully saturated rings. The van der Waals surface area contributed by atoms with Crippen LogP contribution in [-0.2, 0) is 0 Å². The molecular formula is C16H19N3OS. The molecule has 2 aromatic carbocycles. The first-order valence-corrected chi connectivity index (χ1v) is 7.95. The lowest BCUT2D eigenvalue weighted by Gasteiger charge is -2.13. The summed E-state index contributed by atoms with van der Waals surface area (Å²) in [6, 6.07) is 13.3. The fourth-order valence-electron chi connectivity index (χ4n) is 1.98. The van der Waals surface area contributed by atoms with Gasteiger partial charge in [-0.2, -0.15) is 0 Å². The highest BCUT2D eigenvalue weighted by Gasteiger charge is 2.11. The minimum atomic E-state index is -0.110. The highest BCUT2D eigenvalue weighted by Crippen LogP contribution is 2.26. The van der Waals surface area contributed by atoms with E-state index in [1.807, 2.05) is 37.4 Å². The average molecular weight is 301 g/mol. The average Bonchev–Trinajstić information content (AvgIpc) is 2.48. The second-order valence-electron chi connectivity index (χ2n) is 4.52. The maximum Gasteiger partial charge on any atom is 0.253 e. The number of hydrogen-bond acceptors (Lipinski definition) is 4. The number of rotatable bonds is 5. The molecule has 0 aromatic heterocycles. The van der Waals surface area contributed by atoms with Gasteiger partial charge in [0.25, 0.3) is 5.91 Å². The summed E-state index contributed by atoms with van der Waals surface area (Å²) in [6.45, 7) is 2.48. The maximum atomic E-state index is 12.1. The monoisotopic (exact) mass is 301 g/mol. The highest BCUT2D eigenvalue weighted by molar-refractivity contribution is 7.98. The summed E-state index contributed by atoms with van der Waals surface area (Å²) in [5.74, 6) is -0.110. The van der Waals surface area contributed by atoms with Crippen molar-refractivity contribution < 1.29 is 4.79 Å². The smallest absolute Gasteiger partial charge is 0.253 e. The normalized spacial score (nSPS) is 10.2. The van der Waals surface area contributed by atoms with Crippen LogP contribution in [-0.4, -0.2) is 18.7 Å². The maximum absolute atomic E-state index is 12.1. The Labute approximate surface area is 129 Å². The van der Waals surface area contributed by atoms with Gasteiger partial charge in [0.1, 0.15) is 0 Å². The van der Waals surface area contributed by atoms with Crippen molar-refractivity contribution in [2.24, 2.45) is 0 Å². The standard InChI is InChI=1S/C16H19N3OS/c1-3-18-16(20)14-8-7-11(17)9-15(14)19-12-5-4-6-13(10-12)21-2/h4-10,19H,3,17H2,1-2H3,(H,18,20). The summed E-state index contributed by atoms with van der Waals surface area (Å²) in [5, 5.41) is 6.08. The molecule has 0 aliphatic rings. The Kier molecular flexibility index (Phi) is 5.11. The third-order valence-electron chi connectivity index (χ3n) is 2.97. The van der Waals surface area contributed by atoms with Crippen LogP contribution in [0, 0.1) is 0 Å². The zero-order valence-electron chi connectivity index (χ0n) is 12.1. The van der Waals surface area contributed by atoms with Crippen molar-refractivity contribution in [2.45, 2.75) is 11.8 Å². The van der Waals surface area contributed by atoms with Crippen LogP contribution in [0.5, 0.6) is 0 Å². The molecule has 2 aromatic rings. The number of thioether (sulfide) groups is 1. The lowest BCUT2D eigenvalue weighted by atomic mass is 10.1. The number of carbonyl (C=O) groups is 1. The zero-order chi connectivity index (χ0) is 15.2. The molecular weight excluding hydrogens is 282 g/mol. The second kappa shape index (κ2) is 7.04. The molecule has 0 aliphatic carbocycles. The van der Waals surface area contributed by atoms with Gasteiger partial charge in [0.2, 0.25) is 0 Å². The van der Waals surface area contributed by atoms with Gasteiger partial charge in [-0.15, -0.1) is 11.8 Å². The van der Waals surface area contributed by atoms with Crippen LogP contribution >= 0.6 is 11.8 Å². The van der Waals surface area contributed by atoms with Gasteiger partial charge in [-0.1, -0.05) is 6.07 Å². The molecule has 0 unspecified atom stereocenters. The van der Waals surface area contributed by atoms with Gasteiger partial charge in [-0.25, -0.2) is 0 Å². The summed E-state index contributed by atoms with van der Waals surface area (Å²) in [7, 11) is 0. The number of anilines is 3. The van der Waals surface area contributed by atoms with Crippen molar-refractivity contribution in [1.29, 1.82) is 0 Å². The van der Waals surface area contributed by atoms with E-state index in [4.69, 9.17) is 5.73 Å². The van der Waals surface area contributed by atoms with Crippen molar-refractivity contribution in [3.8, 4) is 0 Å². The molecule has 110 valence electrons. The molecule has 0 saturated heterocycles. The molecule has 21 heavy (non-hydrogen) atoms. The second-order valence-corrected chi connectivity index (χ2v) is 5.40. The number of amides is 1. The lowest BCUT2D eigenvalue weighted by Crippen LogP contribution is -2.23. The number of benzene rings is 2. The number of nitrogens with two attached hydrogens (primary N) is 1. The number of hydrogen-bond donors (Lipinski definition) is 3. The first-order valence-electron chi connectivity index (χ1n) is 6.73. The largest absolute Gasteiger partial charge is 0.399 e. The third-order valence-corrected chi connectivity index (χ3v) is 3.70. The number of nitrogen functional groups attached to an aromatic ring is 1. The van der Waals surface area contributed by atoms with Gasteiger partial charge in [0.15, 0.2) is 0 Å². The van der Waals surface area contributed by atoms with E-state index < -0.39 is 0 Å². The number of nitrogens with one attached hydrogen (secondary N) is 2. The van der Waals surface area contributed by atoms with Crippen molar-refractivity contribution >= 4 is 34.7 Å². The van der Waals surface area contributed by atoms with Crippen LogP contribution in [0.3, 0.4) is 0 Å². The van der Waals surface area contributed by atoms with Crippen LogP contribution in [0.1, 0.15) is 17.3 Å². The van der Waals surface area contributed by atoms with E-state index in [9.17, 15) is 4.79 Å². The fraction of sp³-hybridized carbons (Fsp3) is 0.188. The predicted molar refractivity (Wildman–Crippen MR) is 90.4 cm³/mol. The van der Waals surface area contributed by atoms with E-state index in [2.05, 4.69) is 10.6 Å². The van der Waals surface area contributed by atoms with Crippen molar-refractivity contribution in [3.05, 3.63) is 48.0 Å². The first kappa shape index (κ1) is 15.3. The Morgan fingerprint density at radius 3 is 2.76 bits per heavy atom. The summed E-state index contributed by atoms with van der Waals surface area (Å²) < 4.78 is 0. The summed E-state index contributed by atoms with van der Waals surface area (Å²) in [4.78, 5) is 13.3. The molecule has 0 heterocycles. The van der Waals surface area contributed by atoms with Crippen LogP contribution < -0.4 is 16.4 Å². The SMILES string of the molecule is CCNC(=O)c1ccc(N)cc1Nc1cccc(SC)c1. The van der Waals surface area contributed by atoms with Gasteiger partial charge in [0.05, 0.1) is 11.3 Å². The molecule has 2 rings (SSSR count). The molecule has 0 saturated carbocycles. The zero-order valence-corrected chi connectivity index (χ0v) is 13.0. The predicted octanol–water partition coefficient (Wildman–Crippen LogP) is 3.48. The summed E-state index contributed by atoms with van der Waals surface area (Å²) in [6.07, 6.45) is 2.03. The number of carbonyl (C=O) groups excluding carboxylic acids is 1. The van der Waals surface area contributed by atoms with Gasteiger partial charge >= 0.3 is 0 Å². The highest BCUT2D eigenvalue weighted by atomic mass is 32.2. The molecule has 0 bridgehead atoms. The van der Waals surface area contributed by atoms with Crippen LogP contribution in [0.4, 0.5) is 17.1 Å². The summed E-state index contributed by atoms with van der Waals surface area (Å²) in [5.41, 5.74) is 8.67. The van der Waals surface area contributed by atoms with Crippen molar-refractivity contribution in [3.63, 3.8) is 0 Å². The molecule has 4 N–H and O–H groups in total. The van der Waals surface area contributed by atoms with E-state index in [0.717, 1.165) is 10.6 Å². The molecule has 0 spiro atoms. The van der Waals surface area contributed by atoms with E-state index >= 15 is 0 Å². The van der Waals surface area contributed by atoms with Crippen LogP contribution in [0.2, 0.25) is 0 Å². The molecule has 4 nitrogen and oxygen atoms in total. The topological polar surface area (TPSA) is 67.2 Å². The van der Waals surface area contributed by atoms with Crippen molar-refractivity contribution in [1.82, 2.24) is 5.32 Å². The molecule has 0 atom stereocenters. The molecule has 5 heteroatoms. The van der Waals surface area contributed by atoms with Gasteiger partial charge < -0.3 is 16.4 Å². The van der Waals surface area contributed by atoms with Gasteiger partial charge in [-0.3, -0.25) is 4.79 Å². The Bertz CT molecular complexity index is 643. The van der Waals surface area contributed by atoms with Crippen LogP contribution in [0.25, 0.3) is 0 Å². The van der Waals surface area contributed by atoms with E-state index in [-0.39, 0.29) is 5.91 Å². The van der Waals surface area contributed by atoms with E-state index in [1.54, 1.807) is 30.0 Å². The third kappa shape index (κ3) is 3.92. The van der Waals surface area contributed by atoms with E-state index in [0.29, 0.717) is 23.5 Å². The van der Waals surface area contributed by atoms with Gasteiger partial charge in [0, 0.05) is 22.8 Å². The van der Waals surface area contributed by atoms with Crippen LogP contribution in [0.15, 0.2) is 47.4 Å². The first-order chi connectivity index (χ1) is 10.1. The Morgan fingerprint density at radius 2 is 2.05 bits per heavy atom. The van der Waals surface area contributed by atoms with E-state index in [1.165, 1.54) is 0 Å².